The minimum Gasteiger partial charge on any atom is -0.395 e. The van der Waals surface area contributed by atoms with Gasteiger partial charge < -0.3 is 9.84 Å². The highest BCUT2D eigenvalue weighted by Crippen LogP contribution is 2.08. The van der Waals surface area contributed by atoms with Gasteiger partial charge in [-0.05, 0) is 0 Å². The zero-order chi connectivity index (χ0) is 6.69. The molecule has 0 spiro atoms. The zero-order valence-corrected chi connectivity index (χ0v) is 5.71. The summed E-state index contributed by atoms with van der Waals surface area (Å²) >= 11 is 0. The highest BCUT2D eigenvalue weighted by Gasteiger charge is 2.24. The molecule has 1 saturated heterocycles. The van der Waals surface area contributed by atoms with Gasteiger partial charge >= 0.3 is 0 Å². The predicted molar refractivity (Wildman–Crippen MR) is 34.3 cm³/mol. The minimum atomic E-state index is 0.260. The van der Waals surface area contributed by atoms with Crippen LogP contribution in [0.1, 0.15) is 0 Å². The Kier molecular flexibility index (Phi) is 2.45. The van der Waals surface area contributed by atoms with Crippen LogP contribution in [0.3, 0.4) is 0 Å². The Morgan fingerprint density at radius 1 is 1.67 bits per heavy atom. The molecule has 1 aliphatic rings. The number of hydrogen-bond donors (Lipinski definition) is 1. The Balaban J connectivity index is 1.98. The van der Waals surface area contributed by atoms with Crippen molar-refractivity contribution in [3.05, 3.63) is 0 Å². The first kappa shape index (κ1) is 6.99. The lowest BCUT2D eigenvalue weighted by Crippen LogP contribution is -2.52. The lowest BCUT2D eigenvalue weighted by atomic mass is 10.2. The molecule has 0 aromatic rings. The van der Waals surface area contributed by atoms with Gasteiger partial charge in [-0.2, -0.15) is 0 Å². The summed E-state index contributed by atoms with van der Waals surface area (Å²) in [5.41, 5.74) is 0. The maximum absolute atomic E-state index is 8.48. The van der Waals surface area contributed by atoms with Crippen molar-refractivity contribution in [3.8, 4) is 0 Å². The number of β-amino-alcohol motifs (C(OH)–C–C–N with tert-alkyl or cyclic N) is 1. The molecule has 1 aliphatic heterocycles. The molecule has 0 aromatic heterocycles. The summed E-state index contributed by atoms with van der Waals surface area (Å²) in [7, 11) is 1.72. The molecule has 1 rings (SSSR count). The first-order chi connectivity index (χ1) is 4.36. The van der Waals surface area contributed by atoms with Gasteiger partial charge in [-0.25, -0.2) is 0 Å². The Morgan fingerprint density at radius 3 is 2.78 bits per heavy atom. The van der Waals surface area contributed by atoms with Crippen LogP contribution in [0.5, 0.6) is 0 Å². The van der Waals surface area contributed by atoms with Crippen LogP contribution in [0, 0.1) is 0 Å². The lowest BCUT2D eigenvalue weighted by molar-refractivity contribution is -0.0346. The van der Waals surface area contributed by atoms with E-state index in [2.05, 4.69) is 4.90 Å². The molecule has 3 nitrogen and oxygen atoms in total. The van der Waals surface area contributed by atoms with Crippen molar-refractivity contribution in [2.75, 3.05) is 33.4 Å². The van der Waals surface area contributed by atoms with Gasteiger partial charge in [0, 0.05) is 26.7 Å². The van der Waals surface area contributed by atoms with Gasteiger partial charge in [0.1, 0.15) is 0 Å². The molecular formula is C6H13NO2. The first-order valence-electron chi connectivity index (χ1n) is 3.23. The monoisotopic (exact) mass is 131 g/mol. The molecule has 0 amide bonds. The normalized spacial score (nSPS) is 22.0. The van der Waals surface area contributed by atoms with Crippen molar-refractivity contribution in [3.63, 3.8) is 0 Å². The number of aliphatic hydroxyl groups is 1. The third kappa shape index (κ3) is 1.64. The fraction of sp³-hybridized carbons (Fsp3) is 1.00. The van der Waals surface area contributed by atoms with E-state index in [-0.39, 0.29) is 6.61 Å². The average Bonchev–Trinajstić information content (AvgIpc) is 1.77. The summed E-state index contributed by atoms with van der Waals surface area (Å²) in [6.07, 6.45) is 0.413. The third-order valence-electron chi connectivity index (χ3n) is 1.67. The minimum absolute atomic E-state index is 0.260. The maximum Gasteiger partial charge on any atom is 0.0824 e. The average molecular weight is 131 g/mol. The molecule has 0 bridgehead atoms. The number of nitrogens with zero attached hydrogens (tertiary/aromatic N) is 1. The quantitative estimate of drug-likeness (QED) is 0.550. The Morgan fingerprint density at radius 2 is 2.33 bits per heavy atom. The third-order valence-corrected chi connectivity index (χ3v) is 1.67. The summed E-state index contributed by atoms with van der Waals surface area (Å²) in [6.45, 7) is 3.02. The molecule has 0 radical (unpaired) electrons. The lowest BCUT2D eigenvalue weighted by Gasteiger charge is -2.37. The van der Waals surface area contributed by atoms with Gasteiger partial charge in [-0.1, -0.05) is 0 Å². The van der Waals surface area contributed by atoms with E-state index in [0.717, 1.165) is 19.6 Å². The van der Waals surface area contributed by atoms with E-state index in [4.69, 9.17) is 9.84 Å². The van der Waals surface area contributed by atoms with Gasteiger partial charge in [0.05, 0.1) is 12.7 Å². The number of rotatable bonds is 3. The number of likely N-dealkylation sites (tertiary alicyclic amines) is 1. The zero-order valence-electron chi connectivity index (χ0n) is 5.71. The fourth-order valence-corrected chi connectivity index (χ4v) is 0.996. The number of hydrogen-bond acceptors (Lipinski definition) is 3. The van der Waals surface area contributed by atoms with E-state index in [0.29, 0.717) is 6.10 Å². The van der Waals surface area contributed by atoms with E-state index in [1.54, 1.807) is 7.11 Å². The molecule has 9 heavy (non-hydrogen) atoms. The van der Waals surface area contributed by atoms with Gasteiger partial charge in [-0.15, -0.1) is 0 Å². The molecular weight excluding hydrogens is 118 g/mol. The van der Waals surface area contributed by atoms with Gasteiger partial charge in [0.15, 0.2) is 0 Å². The Labute approximate surface area is 55.2 Å². The van der Waals surface area contributed by atoms with Crippen LogP contribution in [-0.2, 0) is 4.74 Å². The molecule has 0 aromatic carbocycles. The van der Waals surface area contributed by atoms with E-state index in [9.17, 15) is 0 Å². The van der Waals surface area contributed by atoms with E-state index in [1.807, 2.05) is 0 Å². The number of aliphatic hydroxyl groups excluding tert-OH is 1. The van der Waals surface area contributed by atoms with Crippen LogP contribution < -0.4 is 0 Å². The highest BCUT2D eigenvalue weighted by atomic mass is 16.5. The molecule has 0 unspecified atom stereocenters. The largest absolute Gasteiger partial charge is 0.395 e. The molecule has 1 N–H and O–H groups in total. The maximum atomic E-state index is 8.48. The SMILES string of the molecule is COC1CN(CCO)C1. The highest BCUT2D eigenvalue weighted by molar-refractivity contribution is 4.79. The van der Waals surface area contributed by atoms with E-state index >= 15 is 0 Å². The molecule has 1 fully saturated rings. The number of methoxy groups -OCH3 is 1. The van der Waals surface area contributed by atoms with Gasteiger partial charge in [0.25, 0.3) is 0 Å². The van der Waals surface area contributed by atoms with Crippen molar-refractivity contribution in [2.24, 2.45) is 0 Å². The summed E-state index contributed by atoms with van der Waals surface area (Å²) < 4.78 is 5.04. The van der Waals surface area contributed by atoms with Crippen LogP contribution in [0.25, 0.3) is 0 Å². The predicted octanol–water partition coefficient (Wildman–Crippen LogP) is -0.691. The van der Waals surface area contributed by atoms with Crippen molar-refractivity contribution in [2.45, 2.75) is 6.10 Å². The van der Waals surface area contributed by atoms with Crippen LogP contribution in [0.15, 0.2) is 0 Å². The Hall–Kier alpha value is -0.120. The summed E-state index contributed by atoms with van der Waals surface area (Å²) in [5, 5.41) is 8.48. The van der Waals surface area contributed by atoms with E-state index < -0.39 is 0 Å². The van der Waals surface area contributed by atoms with Gasteiger partial charge in [0.2, 0.25) is 0 Å². The smallest absolute Gasteiger partial charge is 0.0824 e. The van der Waals surface area contributed by atoms with Crippen LogP contribution in [-0.4, -0.2) is 49.5 Å². The standard InChI is InChI=1S/C6H13NO2/c1-9-6-4-7(5-6)2-3-8/h6,8H,2-5H2,1H3. The topological polar surface area (TPSA) is 32.7 Å². The van der Waals surface area contributed by atoms with Crippen LogP contribution >= 0.6 is 0 Å². The summed E-state index contributed by atoms with van der Waals surface area (Å²) in [5.74, 6) is 0. The molecule has 0 saturated carbocycles. The first-order valence-corrected chi connectivity index (χ1v) is 3.23. The molecule has 0 aliphatic carbocycles. The van der Waals surface area contributed by atoms with Crippen molar-refractivity contribution >= 4 is 0 Å². The molecule has 3 heteroatoms. The second-order valence-electron chi connectivity index (χ2n) is 2.34. The molecule has 0 atom stereocenters. The molecule has 54 valence electrons. The second-order valence-corrected chi connectivity index (χ2v) is 2.34. The van der Waals surface area contributed by atoms with E-state index in [1.165, 1.54) is 0 Å². The van der Waals surface area contributed by atoms with Crippen molar-refractivity contribution < 1.29 is 9.84 Å². The molecule has 1 heterocycles. The Bertz CT molecular complexity index is 81.1. The van der Waals surface area contributed by atoms with Crippen molar-refractivity contribution in [1.82, 2.24) is 4.90 Å². The van der Waals surface area contributed by atoms with Crippen LogP contribution in [0.4, 0.5) is 0 Å². The van der Waals surface area contributed by atoms with Gasteiger partial charge in [-0.3, -0.25) is 4.90 Å². The summed E-state index contributed by atoms with van der Waals surface area (Å²) in [6, 6.07) is 0. The van der Waals surface area contributed by atoms with Crippen LogP contribution in [0.2, 0.25) is 0 Å². The van der Waals surface area contributed by atoms with Crippen molar-refractivity contribution in [1.29, 1.82) is 0 Å². The second kappa shape index (κ2) is 3.15. The fourth-order valence-electron chi connectivity index (χ4n) is 0.996. The summed E-state index contributed by atoms with van der Waals surface area (Å²) in [4.78, 5) is 2.16. The number of ether oxygens (including phenoxy) is 1.